The molecule has 0 fully saturated rings. The Hall–Kier alpha value is -4.20. The molecule has 0 unspecified atom stereocenters. The zero-order chi connectivity index (χ0) is 21.5. The van der Waals surface area contributed by atoms with Gasteiger partial charge in [-0.2, -0.15) is 9.68 Å². The molecule has 154 valence electrons. The van der Waals surface area contributed by atoms with Crippen LogP contribution in [0, 0.1) is 0 Å². The van der Waals surface area contributed by atoms with Crippen molar-refractivity contribution in [2.24, 2.45) is 34.6 Å². The van der Waals surface area contributed by atoms with E-state index in [0.29, 0.717) is 6.67 Å². The maximum absolute atomic E-state index is 4.31. The summed E-state index contributed by atoms with van der Waals surface area (Å²) in [7, 11) is 3.88. The maximum atomic E-state index is 4.31. The molecule has 0 saturated carbocycles. The molecule has 0 radical (unpaired) electrons. The Kier molecular flexibility index (Phi) is 6.18. The van der Waals surface area contributed by atoms with Crippen molar-refractivity contribution in [2.45, 2.75) is 6.67 Å². The van der Waals surface area contributed by atoms with E-state index in [2.05, 4.69) is 25.8 Å². The van der Waals surface area contributed by atoms with Crippen molar-refractivity contribution in [1.82, 2.24) is 4.57 Å². The summed E-state index contributed by atoms with van der Waals surface area (Å²) in [5.74, 6) is 0.780. The number of aryl methyl sites for hydroxylation is 2. The quantitative estimate of drug-likeness (QED) is 0.335. The van der Waals surface area contributed by atoms with E-state index in [1.807, 2.05) is 119 Å². The summed E-state index contributed by atoms with van der Waals surface area (Å²) in [5.41, 5.74) is 3.40. The number of benzene rings is 2. The first-order valence-corrected chi connectivity index (χ1v) is 9.90. The average molecular weight is 413 g/mol. The SMILES string of the molecule is Cn1cc[n+](C)c1N=Nc1ccc(NC[n+]2cccc(N=Nc3ccccc3)c2)cc1. The molecule has 8 nitrogen and oxygen atoms in total. The van der Waals surface area contributed by atoms with Gasteiger partial charge in [-0.15, -0.1) is 5.11 Å². The van der Waals surface area contributed by atoms with E-state index in [4.69, 9.17) is 0 Å². The van der Waals surface area contributed by atoms with Gasteiger partial charge < -0.3 is 5.32 Å². The first kappa shape index (κ1) is 20.1. The van der Waals surface area contributed by atoms with E-state index in [0.717, 1.165) is 28.7 Å². The number of aromatic nitrogens is 3. The van der Waals surface area contributed by atoms with Crippen molar-refractivity contribution in [3.63, 3.8) is 0 Å². The van der Waals surface area contributed by atoms with E-state index >= 15 is 0 Å². The van der Waals surface area contributed by atoms with Gasteiger partial charge in [0, 0.05) is 16.9 Å². The molecule has 31 heavy (non-hydrogen) atoms. The lowest BCUT2D eigenvalue weighted by atomic mass is 10.3. The molecule has 0 saturated heterocycles. The first-order chi connectivity index (χ1) is 15.2. The summed E-state index contributed by atoms with van der Waals surface area (Å²) < 4.78 is 5.86. The van der Waals surface area contributed by atoms with Crippen LogP contribution in [0.5, 0.6) is 0 Å². The molecule has 2 heterocycles. The van der Waals surface area contributed by atoms with Crippen molar-refractivity contribution in [1.29, 1.82) is 0 Å². The highest BCUT2D eigenvalue weighted by molar-refractivity contribution is 5.50. The fraction of sp³-hybridized carbons (Fsp3) is 0.130. The minimum atomic E-state index is 0.606. The van der Waals surface area contributed by atoms with E-state index in [1.165, 1.54) is 0 Å². The molecular formula is C23H24N8+2. The summed E-state index contributed by atoms with van der Waals surface area (Å²) in [6, 6.07) is 21.4. The smallest absolute Gasteiger partial charge is 0.330 e. The van der Waals surface area contributed by atoms with E-state index in [1.54, 1.807) is 0 Å². The number of imidazole rings is 1. The molecule has 0 aliphatic rings. The third-order valence-corrected chi connectivity index (χ3v) is 4.61. The van der Waals surface area contributed by atoms with Gasteiger partial charge >= 0.3 is 5.95 Å². The normalized spacial score (nSPS) is 11.4. The van der Waals surface area contributed by atoms with Gasteiger partial charge in [-0.05, 0) is 42.5 Å². The van der Waals surface area contributed by atoms with Gasteiger partial charge in [0.2, 0.25) is 6.67 Å². The molecule has 2 aromatic carbocycles. The number of nitrogens with one attached hydrogen (secondary N) is 1. The standard InChI is InChI=1S/C23H23N8/c1-29-15-16-30(2)23(29)28-26-21-12-10-19(11-13-21)24-18-31-14-6-9-22(17-31)27-25-20-7-4-3-5-8-20/h3-17H,18H2,1-2H3/q+1/p+1. The van der Waals surface area contributed by atoms with Crippen LogP contribution in [0.1, 0.15) is 0 Å². The van der Waals surface area contributed by atoms with Crippen LogP contribution in [-0.2, 0) is 20.8 Å². The number of nitrogens with zero attached hydrogens (tertiary/aromatic N) is 7. The first-order valence-electron chi connectivity index (χ1n) is 9.90. The van der Waals surface area contributed by atoms with Crippen molar-refractivity contribution < 1.29 is 9.13 Å². The highest BCUT2D eigenvalue weighted by atomic mass is 15.3. The molecule has 0 spiro atoms. The predicted molar refractivity (Wildman–Crippen MR) is 118 cm³/mol. The fourth-order valence-corrected chi connectivity index (χ4v) is 2.93. The van der Waals surface area contributed by atoms with Crippen molar-refractivity contribution >= 4 is 28.7 Å². The Labute approximate surface area is 180 Å². The molecule has 0 atom stereocenters. The second-order valence-corrected chi connectivity index (χ2v) is 7.01. The Bertz CT molecular complexity index is 1170. The Morgan fingerprint density at radius 2 is 1.45 bits per heavy atom. The molecule has 1 N–H and O–H groups in total. The Morgan fingerprint density at radius 3 is 2.19 bits per heavy atom. The molecule has 0 aliphatic carbocycles. The third-order valence-electron chi connectivity index (χ3n) is 4.61. The summed E-state index contributed by atoms with van der Waals surface area (Å²) in [5, 5.41) is 20.6. The molecule has 2 aromatic heterocycles. The lowest BCUT2D eigenvalue weighted by molar-refractivity contribution is -0.690. The van der Waals surface area contributed by atoms with Gasteiger partial charge in [-0.1, -0.05) is 23.3 Å². The highest BCUT2D eigenvalue weighted by Gasteiger charge is 2.10. The van der Waals surface area contributed by atoms with Gasteiger partial charge in [0.1, 0.15) is 11.4 Å². The zero-order valence-corrected chi connectivity index (χ0v) is 17.5. The highest BCUT2D eigenvalue weighted by Crippen LogP contribution is 2.19. The molecule has 0 aliphatic heterocycles. The molecule has 4 aromatic rings. The summed E-state index contributed by atoms with van der Waals surface area (Å²) >= 11 is 0. The molecular weight excluding hydrogens is 388 g/mol. The zero-order valence-electron chi connectivity index (χ0n) is 17.5. The van der Waals surface area contributed by atoms with Crippen LogP contribution in [0.15, 0.2) is 112 Å². The van der Waals surface area contributed by atoms with Crippen LogP contribution in [0.25, 0.3) is 0 Å². The van der Waals surface area contributed by atoms with Crippen LogP contribution in [0.4, 0.5) is 28.7 Å². The molecule has 0 amide bonds. The van der Waals surface area contributed by atoms with Crippen molar-refractivity contribution in [3.8, 4) is 0 Å². The number of hydrogen-bond donors (Lipinski definition) is 1. The second-order valence-electron chi connectivity index (χ2n) is 7.01. The van der Waals surface area contributed by atoms with Crippen LogP contribution in [0.2, 0.25) is 0 Å². The van der Waals surface area contributed by atoms with Crippen LogP contribution >= 0.6 is 0 Å². The summed E-state index contributed by atoms with van der Waals surface area (Å²) in [4.78, 5) is 0. The van der Waals surface area contributed by atoms with Gasteiger partial charge in [0.25, 0.3) is 0 Å². The maximum Gasteiger partial charge on any atom is 0.421 e. The van der Waals surface area contributed by atoms with Gasteiger partial charge in [0.15, 0.2) is 12.4 Å². The van der Waals surface area contributed by atoms with Gasteiger partial charge in [-0.3, -0.25) is 0 Å². The van der Waals surface area contributed by atoms with Crippen molar-refractivity contribution in [2.75, 3.05) is 5.32 Å². The minimum absolute atomic E-state index is 0.606. The van der Waals surface area contributed by atoms with E-state index in [-0.39, 0.29) is 0 Å². The Balaban J connectivity index is 1.36. The lowest BCUT2D eigenvalue weighted by Gasteiger charge is -2.03. The molecule has 8 heteroatoms. The van der Waals surface area contributed by atoms with E-state index in [9.17, 15) is 0 Å². The number of azo groups is 2. The van der Waals surface area contributed by atoms with Crippen LogP contribution in [-0.4, -0.2) is 4.57 Å². The van der Waals surface area contributed by atoms with Gasteiger partial charge in [-0.25, -0.2) is 9.13 Å². The molecule has 0 bridgehead atoms. The number of rotatable bonds is 7. The molecule has 4 rings (SSSR count). The number of pyridine rings is 1. The lowest BCUT2D eigenvalue weighted by Crippen LogP contribution is -2.36. The fourth-order valence-electron chi connectivity index (χ4n) is 2.93. The largest absolute Gasteiger partial charge is 0.421 e. The topological polar surface area (TPSA) is 74.2 Å². The van der Waals surface area contributed by atoms with Crippen LogP contribution in [0.3, 0.4) is 0 Å². The number of anilines is 1. The monoisotopic (exact) mass is 412 g/mol. The Morgan fingerprint density at radius 1 is 0.774 bits per heavy atom. The second kappa shape index (κ2) is 9.53. The summed E-state index contributed by atoms with van der Waals surface area (Å²) in [6.45, 7) is 0.606. The third kappa shape index (κ3) is 5.45. The average Bonchev–Trinajstić information content (AvgIpc) is 3.13. The number of hydrogen-bond acceptors (Lipinski definition) is 5. The van der Waals surface area contributed by atoms with Gasteiger partial charge in [0.05, 0.1) is 32.2 Å². The predicted octanol–water partition coefficient (Wildman–Crippen LogP) is 5.04. The summed E-state index contributed by atoms with van der Waals surface area (Å²) in [6.07, 6.45) is 7.81. The minimum Gasteiger partial charge on any atom is -0.330 e. The van der Waals surface area contributed by atoms with Crippen LogP contribution < -0.4 is 14.5 Å². The van der Waals surface area contributed by atoms with Crippen molar-refractivity contribution in [3.05, 3.63) is 91.5 Å². The van der Waals surface area contributed by atoms with E-state index < -0.39 is 0 Å².